The molecule has 0 saturated heterocycles. The number of nitrogens with one attached hydrogen (secondary N) is 1. The van der Waals surface area contributed by atoms with Crippen LogP contribution in [0.25, 0.3) is 0 Å². The van der Waals surface area contributed by atoms with E-state index >= 15 is 0 Å². The standard InChI is InChI=1S/C15H24ClN3O2/c1-6-21-8-12(9(2)3)18-15(20)13-11(16)7-17-14(19-13)10(4)5/h7,9-10,12H,6,8H2,1-5H3,(H,18,20). The second kappa shape index (κ2) is 8.29. The lowest BCUT2D eigenvalue weighted by molar-refractivity contribution is 0.0801. The Bertz CT molecular complexity index is 478. The van der Waals surface area contributed by atoms with Crippen LogP contribution in [-0.2, 0) is 4.74 Å². The summed E-state index contributed by atoms with van der Waals surface area (Å²) in [4.78, 5) is 20.8. The van der Waals surface area contributed by atoms with Crippen LogP contribution >= 0.6 is 11.6 Å². The second-order valence-electron chi connectivity index (χ2n) is 5.56. The number of halogens is 1. The van der Waals surface area contributed by atoms with E-state index in [2.05, 4.69) is 15.3 Å². The van der Waals surface area contributed by atoms with Crippen LogP contribution in [-0.4, -0.2) is 35.1 Å². The van der Waals surface area contributed by atoms with Gasteiger partial charge in [-0.25, -0.2) is 9.97 Å². The minimum atomic E-state index is -0.289. The third-order valence-corrected chi connectivity index (χ3v) is 3.39. The number of hydrogen-bond donors (Lipinski definition) is 1. The quantitative estimate of drug-likeness (QED) is 0.840. The van der Waals surface area contributed by atoms with Gasteiger partial charge in [0.25, 0.3) is 5.91 Å². The Morgan fingerprint density at radius 2 is 2.05 bits per heavy atom. The molecular weight excluding hydrogens is 290 g/mol. The lowest BCUT2D eigenvalue weighted by Gasteiger charge is -2.22. The Labute approximate surface area is 131 Å². The summed E-state index contributed by atoms with van der Waals surface area (Å²) < 4.78 is 5.41. The summed E-state index contributed by atoms with van der Waals surface area (Å²) >= 11 is 6.05. The van der Waals surface area contributed by atoms with Crippen molar-refractivity contribution in [2.24, 2.45) is 5.92 Å². The van der Waals surface area contributed by atoms with E-state index in [1.54, 1.807) is 0 Å². The molecule has 5 nitrogen and oxygen atoms in total. The maximum atomic E-state index is 12.4. The zero-order valence-electron chi connectivity index (χ0n) is 13.3. The molecule has 1 rings (SSSR count). The molecule has 0 aliphatic rings. The van der Waals surface area contributed by atoms with Gasteiger partial charge in [-0.1, -0.05) is 39.3 Å². The van der Waals surface area contributed by atoms with Crippen LogP contribution in [0.2, 0.25) is 5.02 Å². The molecule has 1 amide bonds. The van der Waals surface area contributed by atoms with E-state index in [0.29, 0.717) is 19.0 Å². The van der Waals surface area contributed by atoms with Crippen molar-refractivity contribution in [1.82, 2.24) is 15.3 Å². The molecule has 0 fully saturated rings. The molecule has 0 saturated carbocycles. The molecule has 1 aromatic rings. The van der Waals surface area contributed by atoms with Gasteiger partial charge in [-0.2, -0.15) is 0 Å². The number of carbonyl (C=O) groups is 1. The predicted octanol–water partition coefficient (Wildman–Crippen LogP) is 3.04. The number of ether oxygens (including phenoxy) is 1. The lowest BCUT2D eigenvalue weighted by atomic mass is 10.1. The van der Waals surface area contributed by atoms with E-state index < -0.39 is 0 Å². The van der Waals surface area contributed by atoms with Crippen molar-refractivity contribution in [2.45, 2.75) is 46.6 Å². The highest BCUT2D eigenvalue weighted by Gasteiger charge is 2.21. The summed E-state index contributed by atoms with van der Waals surface area (Å²) in [5.41, 5.74) is 0.220. The number of nitrogens with zero attached hydrogens (tertiary/aromatic N) is 2. The first-order chi connectivity index (χ1) is 9.86. The number of aromatic nitrogens is 2. The minimum Gasteiger partial charge on any atom is -0.380 e. The van der Waals surface area contributed by atoms with Crippen LogP contribution in [0.1, 0.15) is 56.8 Å². The van der Waals surface area contributed by atoms with E-state index in [9.17, 15) is 4.79 Å². The molecule has 0 bridgehead atoms. The van der Waals surface area contributed by atoms with Crippen molar-refractivity contribution in [3.8, 4) is 0 Å². The Morgan fingerprint density at radius 3 is 2.57 bits per heavy atom. The highest BCUT2D eigenvalue weighted by atomic mass is 35.5. The smallest absolute Gasteiger partial charge is 0.271 e. The first-order valence-corrected chi connectivity index (χ1v) is 7.65. The third kappa shape index (κ3) is 5.25. The molecule has 6 heteroatoms. The Hall–Kier alpha value is -1.20. The molecule has 118 valence electrons. The predicted molar refractivity (Wildman–Crippen MR) is 83.7 cm³/mol. The van der Waals surface area contributed by atoms with Crippen molar-refractivity contribution in [2.75, 3.05) is 13.2 Å². The molecule has 0 aliphatic heterocycles. The summed E-state index contributed by atoms with van der Waals surface area (Å²) in [7, 11) is 0. The Morgan fingerprint density at radius 1 is 1.38 bits per heavy atom. The van der Waals surface area contributed by atoms with E-state index in [-0.39, 0.29) is 34.5 Å². The monoisotopic (exact) mass is 313 g/mol. The fourth-order valence-electron chi connectivity index (χ4n) is 1.70. The average Bonchev–Trinajstić information content (AvgIpc) is 2.42. The van der Waals surface area contributed by atoms with Crippen LogP contribution < -0.4 is 5.32 Å². The molecule has 1 atom stereocenters. The highest BCUT2D eigenvalue weighted by molar-refractivity contribution is 6.33. The van der Waals surface area contributed by atoms with E-state index in [1.807, 2.05) is 34.6 Å². The SMILES string of the molecule is CCOCC(NC(=O)c1nc(C(C)C)ncc1Cl)C(C)C. The molecule has 21 heavy (non-hydrogen) atoms. The van der Waals surface area contributed by atoms with Gasteiger partial charge in [0.05, 0.1) is 23.9 Å². The maximum absolute atomic E-state index is 12.4. The number of carbonyl (C=O) groups excluding carboxylic acids is 1. The van der Waals surface area contributed by atoms with Crippen molar-refractivity contribution >= 4 is 17.5 Å². The summed E-state index contributed by atoms with van der Waals surface area (Å²) in [5.74, 6) is 0.710. The minimum absolute atomic E-state index is 0.0778. The van der Waals surface area contributed by atoms with Gasteiger partial charge in [-0.3, -0.25) is 4.79 Å². The van der Waals surface area contributed by atoms with Crippen LogP contribution in [0.4, 0.5) is 0 Å². The highest BCUT2D eigenvalue weighted by Crippen LogP contribution is 2.17. The van der Waals surface area contributed by atoms with Crippen molar-refractivity contribution in [3.05, 3.63) is 22.7 Å². The van der Waals surface area contributed by atoms with Crippen LogP contribution in [0.5, 0.6) is 0 Å². The molecule has 1 aromatic heterocycles. The van der Waals surface area contributed by atoms with Gasteiger partial charge in [0.1, 0.15) is 11.5 Å². The number of rotatable bonds is 7. The molecule has 0 radical (unpaired) electrons. The average molecular weight is 314 g/mol. The molecular formula is C15H24ClN3O2. The van der Waals surface area contributed by atoms with Crippen LogP contribution in [0, 0.1) is 5.92 Å². The summed E-state index contributed by atoms with van der Waals surface area (Å²) in [6, 6.07) is -0.0778. The summed E-state index contributed by atoms with van der Waals surface area (Å²) in [6.45, 7) is 11.0. The van der Waals surface area contributed by atoms with E-state index in [4.69, 9.17) is 16.3 Å². The van der Waals surface area contributed by atoms with Gasteiger partial charge >= 0.3 is 0 Å². The Kier molecular flexibility index (Phi) is 7.05. The topological polar surface area (TPSA) is 64.1 Å². The second-order valence-corrected chi connectivity index (χ2v) is 5.97. The summed E-state index contributed by atoms with van der Waals surface area (Å²) in [6.07, 6.45) is 1.48. The zero-order chi connectivity index (χ0) is 16.0. The van der Waals surface area contributed by atoms with Gasteiger partial charge in [0, 0.05) is 12.5 Å². The molecule has 1 heterocycles. The van der Waals surface area contributed by atoms with Gasteiger partial charge in [0.15, 0.2) is 0 Å². The molecule has 1 N–H and O–H groups in total. The third-order valence-electron chi connectivity index (χ3n) is 3.12. The first kappa shape index (κ1) is 17.9. The van der Waals surface area contributed by atoms with Gasteiger partial charge in [0.2, 0.25) is 0 Å². The molecule has 1 unspecified atom stereocenters. The lowest BCUT2D eigenvalue weighted by Crippen LogP contribution is -2.42. The normalized spacial score (nSPS) is 12.8. The first-order valence-electron chi connectivity index (χ1n) is 7.27. The molecule has 0 aromatic carbocycles. The van der Waals surface area contributed by atoms with Gasteiger partial charge in [-0.15, -0.1) is 0 Å². The van der Waals surface area contributed by atoms with Crippen molar-refractivity contribution < 1.29 is 9.53 Å². The molecule has 0 spiro atoms. The Balaban J connectivity index is 2.89. The fraction of sp³-hybridized carbons (Fsp3) is 0.667. The van der Waals surface area contributed by atoms with E-state index in [1.165, 1.54) is 6.20 Å². The number of amides is 1. The van der Waals surface area contributed by atoms with Gasteiger partial charge < -0.3 is 10.1 Å². The van der Waals surface area contributed by atoms with Crippen LogP contribution in [0.3, 0.4) is 0 Å². The van der Waals surface area contributed by atoms with Crippen molar-refractivity contribution in [3.63, 3.8) is 0 Å². The zero-order valence-corrected chi connectivity index (χ0v) is 14.1. The summed E-state index contributed by atoms with van der Waals surface area (Å²) in [5, 5.41) is 3.20. The van der Waals surface area contributed by atoms with Crippen molar-refractivity contribution in [1.29, 1.82) is 0 Å². The van der Waals surface area contributed by atoms with E-state index in [0.717, 1.165) is 0 Å². The largest absolute Gasteiger partial charge is 0.380 e. The fourth-order valence-corrected chi connectivity index (χ4v) is 1.88. The van der Waals surface area contributed by atoms with Gasteiger partial charge in [-0.05, 0) is 12.8 Å². The van der Waals surface area contributed by atoms with Crippen LogP contribution in [0.15, 0.2) is 6.20 Å². The molecule has 0 aliphatic carbocycles. The number of hydrogen-bond acceptors (Lipinski definition) is 4. The maximum Gasteiger partial charge on any atom is 0.271 e.